The molecule has 2 amide bonds. The monoisotopic (exact) mass is 528 g/mol. The first-order chi connectivity index (χ1) is 13.6. The summed E-state index contributed by atoms with van der Waals surface area (Å²) in [4.78, 5) is 31.0. The Balaban J connectivity index is 0.00000240. The number of imide groups is 1. The van der Waals surface area contributed by atoms with E-state index in [1.54, 1.807) is 7.05 Å². The number of rotatable bonds is 6. The molecule has 2 fully saturated rings. The third-order valence-electron chi connectivity index (χ3n) is 6.01. The van der Waals surface area contributed by atoms with Crippen LogP contribution in [-0.4, -0.2) is 42.8 Å². The number of carbonyl (C=O) groups excluding carboxylic acids is 2. The maximum atomic E-state index is 12.7. The molecule has 4 rings (SSSR count). The van der Waals surface area contributed by atoms with E-state index in [2.05, 4.69) is 27.8 Å². The molecule has 1 aromatic carbocycles. The highest BCUT2D eigenvalue weighted by atomic mass is 127. The Labute approximate surface area is 193 Å². The van der Waals surface area contributed by atoms with Crippen molar-refractivity contribution in [2.24, 2.45) is 28.7 Å². The van der Waals surface area contributed by atoms with Crippen LogP contribution < -0.4 is 10.6 Å². The van der Waals surface area contributed by atoms with Crippen molar-refractivity contribution in [1.29, 1.82) is 0 Å². The summed E-state index contributed by atoms with van der Waals surface area (Å²) in [6, 6.07) is 7.64. The zero-order valence-corrected chi connectivity index (χ0v) is 19.4. The van der Waals surface area contributed by atoms with Gasteiger partial charge in [-0.2, -0.15) is 0 Å². The van der Waals surface area contributed by atoms with Crippen LogP contribution in [0, 0.1) is 23.7 Å². The molecule has 1 saturated carbocycles. The number of likely N-dealkylation sites (tertiary alicyclic amines) is 1. The largest absolute Gasteiger partial charge is 0.356 e. The van der Waals surface area contributed by atoms with Gasteiger partial charge in [-0.15, -0.1) is 24.0 Å². The molecule has 1 aliphatic heterocycles. The van der Waals surface area contributed by atoms with E-state index in [4.69, 9.17) is 11.6 Å². The summed E-state index contributed by atoms with van der Waals surface area (Å²) in [7, 11) is 1.72. The fraction of sp³-hybridized carbons (Fsp3) is 0.476. The Bertz CT molecular complexity index is 796. The number of benzene rings is 1. The van der Waals surface area contributed by atoms with Crippen molar-refractivity contribution >= 4 is 53.4 Å². The first-order valence-corrected chi connectivity index (χ1v) is 10.2. The highest BCUT2D eigenvalue weighted by molar-refractivity contribution is 14.0. The molecule has 1 aromatic rings. The van der Waals surface area contributed by atoms with Crippen LogP contribution in [0.2, 0.25) is 5.02 Å². The fourth-order valence-corrected chi connectivity index (χ4v) is 4.76. The molecule has 0 spiro atoms. The third-order valence-corrected chi connectivity index (χ3v) is 6.26. The standard InChI is InChI=1S/C21H25ClN4O2.HI/c1-23-21(25-12-13-3-7-16(22)8-4-13)24-9-2-10-26-19(27)17-14-5-6-15(11-14)18(17)20(26)28;/h3-8,14-15,17-18H,2,9-12H2,1H3,(H2,23,24,25);1H. The average molecular weight is 529 g/mol. The van der Waals surface area contributed by atoms with Gasteiger partial charge < -0.3 is 10.6 Å². The maximum Gasteiger partial charge on any atom is 0.233 e. The lowest BCUT2D eigenvalue weighted by Crippen LogP contribution is -2.39. The molecular formula is C21H26ClIN4O2. The molecular weight excluding hydrogens is 503 g/mol. The molecule has 8 heteroatoms. The van der Waals surface area contributed by atoms with Crippen molar-refractivity contribution < 1.29 is 9.59 Å². The lowest BCUT2D eigenvalue weighted by atomic mass is 9.85. The van der Waals surface area contributed by atoms with Gasteiger partial charge in [-0.25, -0.2) is 0 Å². The van der Waals surface area contributed by atoms with Gasteiger partial charge in [0.2, 0.25) is 11.8 Å². The zero-order valence-electron chi connectivity index (χ0n) is 16.3. The predicted molar refractivity (Wildman–Crippen MR) is 124 cm³/mol. The topological polar surface area (TPSA) is 73.8 Å². The number of allylic oxidation sites excluding steroid dienone is 2. The summed E-state index contributed by atoms with van der Waals surface area (Å²) in [5.74, 6) is 1.06. The van der Waals surface area contributed by atoms with Crippen LogP contribution in [0.4, 0.5) is 0 Å². The lowest BCUT2D eigenvalue weighted by Gasteiger charge is -2.18. The molecule has 3 aliphatic rings. The van der Waals surface area contributed by atoms with Crippen LogP contribution in [0.5, 0.6) is 0 Å². The van der Waals surface area contributed by atoms with Crippen LogP contribution >= 0.6 is 35.6 Å². The second-order valence-corrected chi connectivity index (χ2v) is 8.10. The van der Waals surface area contributed by atoms with Crippen LogP contribution in [0.1, 0.15) is 18.4 Å². The lowest BCUT2D eigenvalue weighted by molar-refractivity contribution is -0.140. The third kappa shape index (κ3) is 4.45. The van der Waals surface area contributed by atoms with E-state index in [0.717, 1.165) is 12.0 Å². The number of carbonyl (C=O) groups is 2. The molecule has 1 heterocycles. The van der Waals surface area contributed by atoms with E-state index in [9.17, 15) is 9.59 Å². The first kappa shape index (κ1) is 22.1. The number of nitrogens with zero attached hydrogens (tertiary/aromatic N) is 2. The van der Waals surface area contributed by atoms with Gasteiger partial charge in [-0.05, 0) is 42.4 Å². The van der Waals surface area contributed by atoms with Crippen molar-refractivity contribution in [2.75, 3.05) is 20.1 Å². The zero-order chi connectivity index (χ0) is 19.7. The SMILES string of the molecule is CN=C(NCCCN1C(=O)C2C3C=CC(C3)C2C1=O)NCc1ccc(Cl)cc1.I. The van der Waals surface area contributed by atoms with Crippen LogP contribution in [0.3, 0.4) is 0 Å². The molecule has 4 unspecified atom stereocenters. The minimum absolute atomic E-state index is 0. The highest BCUT2D eigenvalue weighted by Crippen LogP contribution is 2.52. The number of nitrogens with one attached hydrogen (secondary N) is 2. The summed E-state index contributed by atoms with van der Waals surface area (Å²) in [5.41, 5.74) is 1.11. The number of amides is 2. The van der Waals surface area contributed by atoms with E-state index < -0.39 is 0 Å². The van der Waals surface area contributed by atoms with Gasteiger partial charge in [0.05, 0.1) is 11.8 Å². The Kier molecular flexibility index (Phi) is 7.21. The van der Waals surface area contributed by atoms with Gasteiger partial charge in [0.25, 0.3) is 0 Å². The Morgan fingerprint density at radius 1 is 1.10 bits per heavy atom. The van der Waals surface area contributed by atoms with Crippen LogP contribution in [0.15, 0.2) is 41.4 Å². The van der Waals surface area contributed by atoms with Gasteiger partial charge in [-0.1, -0.05) is 35.9 Å². The molecule has 1 saturated heterocycles. The van der Waals surface area contributed by atoms with Crippen molar-refractivity contribution in [1.82, 2.24) is 15.5 Å². The fourth-order valence-electron chi connectivity index (χ4n) is 4.64. The van der Waals surface area contributed by atoms with Gasteiger partial charge in [-0.3, -0.25) is 19.5 Å². The minimum atomic E-state index is -0.107. The van der Waals surface area contributed by atoms with E-state index in [1.165, 1.54) is 4.90 Å². The summed E-state index contributed by atoms with van der Waals surface area (Å²) in [5, 5.41) is 7.19. The summed E-state index contributed by atoms with van der Waals surface area (Å²) < 4.78 is 0. The summed E-state index contributed by atoms with van der Waals surface area (Å²) >= 11 is 5.90. The van der Waals surface area contributed by atoms with Crippen molar-refractivity contribution in [3.05, 3.63) is 47.0 Å². The highest BCUT2D eigenvalue weighted by Gasteiger charge is 2.58. The minimum Gasteiger partial charge on any atom is -0.356 e. The maximum absolute atomic E-state index is 12.7. The average Bonchev–Trinajstić information content (AvgIpc) is 3.38. The van der Waals surface area contributed by atoms with E-state index in [0.29, 0.717) is 37.0 Å². The summed E-state index contributed by atoms with van der Waals surface area (Å²) in [6.45, 7) is 1.74. The number of fused-ring (bicyclic) bond motifs is 5. The van der Waals surface area contributed by atoms with Crippen molar-refractivity contribution in [3.63, 3.8) is 0 Å². The molecule has 2 N–H and O–H groups in total. The molecule has 29 heavy (non-hydrogen) atoms. The molecule has 0 aromatic heterocycles. The first-order valence-electron chi connectivity index (χ1n) is 9.81. The predicted octanol–water partition coefficient (Wildman–Crippen LogP) is 2.82. The van der Waals surface area contributed by atoms with E-state index >= 15 is 0 Å². The number of hydrogen-bond donors (Lipinski definition) is 2. The van der Waals surface area contributed by atoms with Crippen LogP contribution in [0.25, 0.3) is 0 Å². The molecule has 2 aliphatic carbocycles. The number of halogens is 2. The molecule has 2 bridgehead atoms. The van der Waals surface area contributed by atoms with E-state index in [-0.39, 0.29) is 59.5 Å². The summed E-state index contributed by atoms with van der Waals surface area (Å²) in [6.07, 6.45) is 5.91. The van der Waals surface area contributed by atoms with E-state index in [1.807, 2.05) is 24.3 Å². The molecule has 6 nitrogen and oxygen atoms in total. The van der Waals surface area contributed by atoms with Gasteiger partial charge in [0.15, 0.2) is 5.96 Å². The van der Waals surface area contributed by atoms with Gasteiger partial charge >= 0.3 is 0 Å². The number of aliphatic imine (C=N–C) groups is 1. The normalized spacial score (nSPS) is 27.2. The smallest absolute Gasteiger partial charge is 0.233 e. The van der Waals surface area contributed by atoms with Gasteiger partial charge in [0, 0.05) is 31.7 Å². The van der Waals surface area contributed by atoms with Crippen molar-refractivity contribution in [3.8, 4) is 0 Å². The quantitative estimate of drug-likeness (QED) is 0.149. The molecule has 156 valence electrons. The number of hydrogen-bond acceptors (Lipinski definition) is 3. The van der Waals surface area contributed by atoms with Gasteiger partial charge in [0.1, 0.15) is 0 Å². The Morgan fingerprint density at radius 3 is 2.31 bits per heavy atom. The Morgan fingerprint density at radius 2 is 1.72 bits per heavy atom. The second kappa shape index (κ2) is 9.47. The van der Waals surface area contributed by atoms with Crippen molar-refractivity contribution in [2.45, 2.75) is 19.4 Å². The molecule has 0 radical (unpaired) electrons. The second-order valence-electron chi connectivity index (χ2n) is 7.66. The Hall–Kier alpha value is -1.61. The number of guanidine groups is 1. The molecule has 4 atom stereocenters. The van der Waals surface area contributed by atoms with Crippen LogP contribution in [-0.2, 0) is 16.1 Å².